The first-order valence-electron chi connectivity index (χ1n) is 12.4. The van der Waals surface area contributed by atoms with E-state index in [1.807, 2.05) is 36.4 Å². The lowest BCUT2D eigenvalue weighted by Gasteiger charge is -2.36. The molecule has 2 aromatic heterocycles. The minimum Gasteiger partial charge on any atom is -0.309 e. The van der Waals surface area contributed by atoms with Gasteiger partial charge >= 0.3 is 0 Å². The fourth-order valence-corrected chi connectivity index (χ4v) is 5.74. The number of carbonyl (C=O) groups excluding carboxylic acids is 2. The summed E-state index contributed by atoms with van der Waals surface area (Å²) in [4.78, 5) is 29.3. The van der Waals surface area contributed by atoms with Crippen molar-refractivity contribution in [2.24, 2.45) is 0 Å². The topological polar surface area (TPSA) is 105 Å². The number of anilines is 2. The Morgan fingerprint density at radius 3 is 2.45 bits per heavy atom. The zero-order chi connectivity index (χ0) is 26.8. The Morgan fingerprint density at radius 2 is 1.76 bits per heavy atom. The van der Waals surface area contributed by atoms with Crippen molar-refractivity contribution in [1.82, 2.24) is 25.8 Å². The third-order valence-electron chi connectivity index (χ3n) is 6.45. The quantitative estimate of drug-likeness (QED) is 0.252. The van der Waals surface area contributed by atoms with Crippen molar-refractivity contribution >= 4 is 56.5 Å². The average Bonchev–Trinajstić information content (AvgIpc) is 3.46. The van der Waals surface area contributed by atoms with Crippen molar-refractivity contribution in [1.29, 1.82) is 0 Å². The highest BCUT2D eigenvalue weighted by atomic mass is 35.5. The number of carbonyl (C=O) groups is 2. The molecule has 0 aliphatic carbocycles. The van der Waals surface area contributed by atoms with Gasteiger partial charge in [-0.15, -0.1) is 11.3 Å². The van der Waals surface area contributed by atoms with Crippen LogP contribution in [0.15, 0.2) is 54.6 Å². The Labute approximate surface area is 230 Å². The maximum atomic E-state index is 12.9. The summed E-state index contributed by atoms with van der Waals surface area (Å²) in [5, 5.41) is 16.5. The monoisotopic (exact) mass is 551 g/mol. The first-order chi connectivity index (χ1) is 18.2. The SMILES string of the molecule is CC1CN(Cc2ccc(C(=O)Nc3[nH]nc4sc(C(=O)NN(C)c5ccc(Cl)cc5)cc34)cc2)CC(C)N1. The average molecular weight is 552 g/mol. The van der Waals surface area contributed by atoms with E-state index in [4.69, 9.17) is 11.6 Å². The van der Waals surface area contributed by atoms with Crippen LogP contribution in [0.4, 0.5) is 11.5 Å². The van der Waals surface area contributed by atoms with Gasteiger partial charge in [-0.3, -0.25) is 30.0 Å². The highest BCUT2D eigenvalue weighted by Gasteiger charge is 2.21. The highest BCUT2D eigenvalue weighted by Crippen LogP contribution is 2.30. The van der Waals surface area contributed by atoms with E-state index in [9.17, 15) is 9.59 Å². The van der Waals surface area contributed by atoms with Gasteiger partial charge in [0.1, 0.15) is 10.6 Å². The van der Waals surface area contributed by atoms with Gasteiger partial charge in [0.15, 0.2) is 0 Å². The molecule has 0 bridgehead atoms. The molecule has 1 fully saturated rings. The van der Waals surface area contributed by atoms with Crippen molar-refractivity contribution in [3.63, 3.8) is 0 Å². The number of nitrogens with one attached hydrogen (secondary N) is 4. The summed E-state index contributed by atoms with van der Waals surface area (Å²) in [6.07, 6.45) is 0. The molecule has 1 aliphatic rings. The maximum absolute atomic E-state index is 12.9. The Morgan fingerprint density at radius 1 is 1.08 bits per heavy atom. The molecule has 38 heavy (non-hydrogen) atoms. The summed E-state index contributed by atoms with van der Waals surface area (Å²) in [6, 6.07) is 17.5. The van der Waals surface area contributed by atoms with Crippen LogP contribution in [-0.2, 0) is 6.54 Å². The first kappa shape index (κ1) is 26.2. The van der Waals surface area contributed by atoms with Crippen LogP contribution in [0, 0.1) is 0 Å². The molecule has 0 spiro atoms. The van der Waals surface area contributed by atoms with Crippen LogP contribution in [0.1, 0.15) is 39.4 Å². The molecule has 0 radical (unpaired) electrons. The molecule has 1 saturated heterocycles. The van der Waals surface area contributed by atoms with E-state index in [1.165, 1.54) is 16.9 Å². The van der Waals surface area contributed by atoms with Crippen LogP contribution in [-0.4, -0.2) is 59.1 Å². The fraction of sp³-hybridized carbons (Fsp3) is 0.296. The Hall–Kier alpha value is -3.44. The number of benzene rings is 2. The van der Waals surface area contributed by atoms with Crippen LogP contribution in [0.25, 0.3) is 10.2 Å². The molecule has 2 amide bonds. The number of rotatable bonds is 7. The van der Waals surface area contributed by atoms with Gasteiger partial charge in [0.2, 0.25) is 0 Å². The summed E-state index contributed by atoms with van der Waals surface area (Å²) in [6.45, 7) is 7.25. The van der Waals surface area contributed by atoms with E-state index >= 15 is 0 Å². The summed E-state index contributed by atoms with van der Waals surface area (Å²) in [7, 11) is 1.75. The largest absolute Gasteiger partial charge is 0.309 e. The second-order valence-electron chi connectivity index (χ2n) is 9.72. The lowest BCUT2D eigenvalue weighted by Crippen LogP contribution is -2.53. The third-order valence-corrected chi connectivity index (χ3v) is 7.73. The molecule has 4 N–H and O–H groups in total. The predicted octanol–water partition coefficient (Wildman–Crippen LogP) is 4.49. The normalized spacial score (nSPS) is 17.9. The number of aromatic amines is 1. The van der Waals surface area contributed by atoms with Crippen LogP contribution < -0.4 is 21.1 Å². The fourth-order valence-electron chi connectivity index (χ4n) is 4.73. The second kappa shape index (κ2) is 11.1. The number of fused-ring (bicyclic) bond motifs is 1. The molecule has 1 aliphatic heterocycles. The Balaban J connectivity index is 1.22. The van der Waals surface area contributed by atoms with E-state index in [0.29, 0.717) is 43.6 Å². The van der Waals surface area contributed by atoms with Crippen LogP contribution in [0.5, 0.6) is 0 Å². The smallest absolute Gasteiger partial charge is 0.279 e. The molecule has 2 atom stereocenters. The standard InChI is InChI=1S/C27H30ClN7O2S/c1-16-13-35(14-17(2)29-16)15-18-4-6-19(7-5-18)25(36)30-24-22-12-23(38-27(22)32-31-24)26(37)33-34(3)21-10-8-20(28)9-11-21/h4-12,16-17,29H,13-15H2,1-3H3,(H,33,37)(H2,30,31,32,36). The van der Waals surface area contributed by atoms with Gasteiger partial charge in [-0.1, -0.05) is 23.7 Å². The van der Waals surface area contributed by atoms with Crippen LogP contribution in [0.3, 0.4) is 0 Å². The molecule has 4 aromatic rings. The summed E-state index contributed by atoms with van der Waals surface area (Å²) in [5.74, 6) is -0.0583. The summed E-state index contributed by atoms with van der Waals surface area (Å²) < 4.78 is 0. The second-order valence-corrected chi connectivity index (χ2v) is 11.2. The van der Waals surface area contributed by atoms with Crippen molar-refractivity contribution in [2.45, 2.75) is 32.5 Å². The molecule has 9 nitrogen and oxygen atoms in total. The van der Waals surface area contributed by atoms with Crippen molar-refractivity contribution < 1.29 is 9.59 Å². The van der Waals surface area contributed by atoms with Gasteiger partial charge in [0.05, 0.1) is 16.0 Å². The molecule has 3 heterocycles. The number of thiophene rings is 1. The van der Waals surface area contributed by atoms with E-state index in [1.54, 1.807) is 30.3 Å². The van der Waals surface area contributed by atoms with Gasteiger partial charge in [0.25, 0.3) is 11.8 Å². The zero-order valence-electron chi connectivity index (χ0n) is 21.4. The molecular weight excluding hydrogens is 522 g/mol. The van der Waals surface area contributed by atoms with Gasteiger partial charge in [0, 0.05) is 49.4 Å². The van der Waals surface area contributed by atoms with Gasteiger partial charge in [-0.25, -0.2) is 0 Å². The van der Waals surface area contributed by atoms with E-state index in [2.05, 4.69) is 45.0 Å². The number of hydrazine groups is 1. The molecule has 11 heteroatoms. The molecule has 198 valence electrons. The molecule has 2 unspecified atom stereocenters. The lowest BCUT2D eigenvalue weighted by atomic mass is 10.1. The van der Waals surface area contributed by atoms with Crippen molar-refractivity contribution in [3.05, 3.63) is 75.6 Å². The number of H-pyrrole nitrogens is 1. The van der Waals surface area contributed by atoms with Gasteiger partial charge in [-0.2, -0.15) is 5.10 Å². The first-order valence-corrected chi connectivity index (χ1v) is 13.6. The molecular formula is C27H30ClN7O2S. The van der Waals surface area contributed by atoms with Crippen LogP contribution >= 0.6 is 22.9 Å². The summed E-state index contributed by atoms with van der Waals surface area (Å²) in [5.41, 5.74) is 5.35. The predicted molar refractivity (Wildman–Crippen MR) is 153 cm³/mol. The number of hydrogen-bond donors (Lipinski definition) is 4. The molecule has 5 rings (SSSR count). The highest BCUT2D eigenvalue weighted by molar-refractivity contribution is 7.20. The van der Waals surface area contributed by atoms with E-state index in [0.717, 1.165) is 25.3 Å². The molecule has 0 saturated carbocycles. The number of aromatic nitrogens is 2. The zero-order valence-corrected chi connectivity index (χ0v) is 23.0. The third kappa shape index (κ3) is 5.99. The van der Waals surface area contributed by atoms with Crippen LogP contribution in [0.2, 0.25) is 5.02 Å². The van der Waals surface area contributed by atoms with Gasteiger partial charge < -0.3 is 10.6 Å². The molecule has 2 aromatic carbocycles. The Kier molecular flexibility index (Phi) is 7.66. The number of hydrogen-bond acceptors (Lipinski definition) is 7. The van der Waals surface area contributed by atoms with Crippen molar-refractivity contribution in [3.8, 4) is 0 Å². The number of halogens is 1. The number of piperazine rings is 1. The lowest BCUT2D eigenvalue weighted by molar-refractivity contribution is 0.0954. The van der Waals surface area contributed by atoms with E-state index < -0.39 is 0 Å². The minimum absolute atomic E-state index is 0.244. The van der Waals surface area contributed by atoms with Crippen molar-refractivity contribution in [2.75, 3.05) is 30.5 Å². The maximum Gasteiger partial charge on any atom is 0.279 e. The van der Waals surface area contributed by atoms with E-state index in [-0.39, 0.29) is 11.8 Å². The number of amides is 2. The summed E-state index contributed by atoms with van der Waals surface area (Å²) >= 11 is 7.19. The number of nitrogens with zero attached hydrogens (tertiary/aromatic N) is 3. The minimum atomic E-state index is -0.272. The van der Waals surface area contributed by atoms with Gasteiger partial charge in [-0.05, 0) is 61.9 Å². The Bertz CT molecular complexity index is 1420.